The molecule has 2 N–H and O–H groups in total. The fourth-order valence-corrected chi connectivity index (χ4v) is 2.72. The number of aromatic nitrogens is 1. The molecule has 0 spiro atoms. The van der Waals surface area contributed by atoms with Gasteiger partial charge in [-0.1, -0.05) is 54.1 Å². The molecule has 4 nitrogen and oxygen atoms in total. The van der Waals surface area contributed by atoms with Gasteiger partial charge in [0.2, 0.25) is 0 Å². The van der Waals surface area contributed by atoms with Gasteiger partial charge in [0.25, 0.3) is 0 Å². The van der Waals surface area contributed by atoms with E-state index in [0.717, 1.165) is 29.1 Å². The van der Waals surface area contributed by atoms with Gasteiger partial charge in [-0.05, 0) is 35.7 Å². The molecule has 0 atom stereocenters. The highest BCUT2D eigenvalue weighted by Gasteiger charge is 2.04. The van der Waals surface area contributed by atoms with Gasteiger partial charge in [-0.15, -0.1) is 0 Å². The maximum absolute atomic E-state index is 10.9. The van der Waals surface area contributed by atoms with Gasteiger partial charge in [-0.25, -0.2) is 4.98 Å². The van der Waals surface area contributed by atoms with Crippen molar-refractivity contribution in [3.05, 3.63) is 83.6 Å². The number of nitrogens with one attached hydrogen (secondary N) is 1. The summed E-state index contributed by atoms with van der Waals surface area (Å²) in [6.07, 6.45) is 1.83. The first-order valence-corrected chi connectivity index (χ1v) is 8.17. The molecule has 3 aromatic rings. The number of carboxylic acids is 1. The lowest BCUT2D eigenvalue weighted by Crippen LogP contribution is -2.01. The summed E-state index contributed by atoms with van der Waals surface area (Å²) in [4.78, 5) is 15.3. The molecule has 1 aromatic heterocycles. The van der Waals surface area contributed by atoms with Crippen LogP contribution in [-0.4, -0.2) is 16.1 Å². The molecule has 4 heteroatoms. The van der Waals surface area contributed by atoms with Gasteiger partial charge in [0.1, 0.15) is 5.82 Å². The van der Waals surface area contributed by atoms with Crippen molar-refractivity contribution in [3.8, 4) is 11.1 Å². The summed E-state index contributed by atoms with van der Waals surface area (Å²) in [5.74, 6) is -0.0158. The SMILES string of the molecule is Cc1cccc(CNc2ccc(-c3cccc(CC(=O)O)c3)cn2)c1. The zero-order valence-electron chi connectivity index (χ0n) is 14.1. The largest absolute Gasteiger partial charge is 0.481 e. The Labute approximate surface area is 147 Å². The van der Waals surface area contributed by atoms with E-state index in [0.29, 0.717) is 0 Å². The van der Waals surface area contributed by atoms with Crippen LogP contribution in [0.15, 0.2) is 66.9 Å². The van der Waals surface area contributed by atoms with E-state index in [1.165, 1.54) is 11.1 Å². The second kappa shape index (κ2) is 7.62. The minimum atomic E-state index is -0.828. The highest BCUT2D eigenvalue weighted by molar-refractivity contribution is 5.72. The van der Waals surface area contributed by atoms with Crippen LogP contribution in [0.4, 0.5) is 5.82 Å². The minimum absolute atomic E-state index is 0.0252. The first-order chi connectivity index (χ1) is 12.1. The highest BCUT2D eigenvalue weighted by atomic mass is 16.4. The molecule has 3 rings (SSSR count). The van der Waals surface area contributed by atoms with Crippen LogP contribution in [0.5, 0.6) is 0 Å². The number of pyridine rings is 1. The van der Waals surface area contributed by atoms with Crippen LogP contribution >= 0.6 is 0 Å². The van der Waals surface area contributed by atoms with Gasteiger partial charge in [0, 0.05) is 18.3 Å². The van der Waals surface area contributed by atoms with E-state index >= 15 is 0 Å². The maximum atomic E-state index is 10.9. The lowest BCUT2D eigenvalue weighted by molar-refractivity contribution is -0.136. The second-order valence-corrected chi connectivity index (χ2v) is 6.05. The molecule has 1 heterocycles. The molecule has 0 radical (unpaired) electrons. The summed E-state index contributed by atoms with van der Waals surface area (Å²) in [6, 6.07) is 19.8. The van der Waals surface area contributed by atoms with Crippen molar-refractivity contribution in [1.29, 1.82) is 0 Å². The van der Waals surface area contributed by atoms with Crippen LogP contribution < -0.4 is 5.32 Å². The predicted molar refractivity (Wildman–Crippen MR) is 99.5 cm³/mol. The summed E-state index contributed by atoms with van der Waals surface area (Å²) in [6.45, 7) is 2.80. The Hall–Kier alpha value is -3.14. The number of hydrogen-bond donors (Lipinski definition) is 2. The average molecular weight is 332 g/mol. The quantitative estimate of drug-likeness (QED) is 0.706. The molecule has 0 aliphatic rings. The fourth-order valence-electron chi connectivity index (χ4n) is 2.72. The third kappa shape index (κ3) is 4.67. The molecule has 0 amide bonds. The van der Waals surface area contributed by atoms with Crippen LogP contribution in [-0.2, 0) is 17.8 Å². The Morgan fingerprint density at radius 1 is 1.00 bits per heavy atom. The van der Waals surface area contributed by atoms with Crippen LogP contribution in [0.1, 0.15) is 16.7 Å². The minimum Gasteiger partial charge on any atom is -0.481 e. The number of anilines is 1. The van der Waals surface area contributed by atoms with Crippen LogP contribution in [0.25, 0.3) is 11.1 Å². The molecule has 0 saturated carbocycles. The van der Waals surface area contributed by atoms with Crippen molar-refractivity contribution < 1.29 is 9.90 Å². The Morgan fingerprint density at radius 3 is 2.52 bits per heavy atom. The van der Waals surface area contributed by atoms with Crippen LogP contribution in [0, 0.1) is 6.92 Å². The average Bonchev–Trinajstić information content (AvgIpc) is 2.60. The molecule has 25 heavy (non-hydrogen) atoms. The van der Waals surface area contributed by atoms with Gasteiger partial charge in [0.05, 0.1) is 6.42 Å². The van der Waals surface area contributed by atoms with E-state index < -0.39 is 5.97 Å². The number of benzene rings is 2. The zero-order chi connectivity index (χ0) is 17.6. The lowest BCUT2D eigenvalue weighted by atomic mass is 10.0. The molecular weight excluding hydrogens is 312 g/mol. The molecular formula is C21H20N2O2. The Balaban J connectivity index is 1.68. The number of rotatable bonds is 6. The van der Waals surface area contributed by atoms with Crippen molar-refractivity contribution in [3.63, 3.8) is 0 Å². The Morgan fingerprint density at radius 2 is 1.80 bits per heavy atom. The standard InChI is InChI=1S/C21H20N2O2/c1-15-4-2-6-17(10-15)13-22-20-9-8-19(14-23-20)18-7-3-5-16(11-18)12-21(24)25/h2-11,14H,12-13H2,1H3,(H,22,23)(H,24,25). The van der Waals surface area contributed by atoms with Crippen molar-refractivity contribution in [2.75, 3.05) is 5.32 Å². The van der Waals surface area contributed by atoms with Crippen LogP contribution in [0.3, 0.4) is 0 Å². The number of hydrogen-bond acceptors (Lipinski definition) is 3. The van der Waals surface area contributed by atoms with Crippen molar-refractivity contribution in [2.24, 2.45) is 0 Å². The number of carboxylic acid groups (broad SMARTS) is 1. The molecule has 0 fully saturated rings. The molecule has 0 aliphatic heterocycles. The normalized spacial score (nSPS) is 10.4. The highest BCUT2D eigenvalue weighted by Crippen LogP contribution is 2.21. The number of carbonyl (C=O) groups is 1. The van der Waals surface area contributed by atoms with E-state index in [1.807, 2.05) is 42.5 Å². The third-order valence-electron chi connectivity index (χ3n) is 3.94. The molecule has 126 valence electrons. The van der Waals surface area contributed by atoms with Crippen molar-refractivity contribution >= 4 is 11.8 Å². The molecule has 0 bridgehead atoms. The van der Waals surface area contributed by atoms with Crippen LogP contribution in [0.2, 0.25) is 0 Å². The third-order valence-corrected chi connectivity index (χ3v) is 3.94. The first-order valence-electron chi connectivity index (χ1n) is 8.17. The van der Waals surface area contributed by atoms with E-state index in [1.54, 1.807) is 6.20 Å². The second-order valence-electron chi connectivity index (χ2n) is 6.05. The maximum Gasteiger partial charge on any atom is 0.307 e. The van der Waals surface area contributed by atoms with Gasteiger partial charge < -0.3 is 10.4 Å². The van der Waals surface area contributed by atoms with E-state index in [2.05, 4.69) is 35.4 Å². The summed E-state index contributed by atoms with van der Waals surface area (Å²) in [7, 11) is 0. The topological polar surface area (TPSA) is 62.2 Å². The predicted octanol–water partition coefficient (Wildman–Crippen LogP) is 4.30. The van der Waals surface area contributed by atoms with Gasteiger partial charge >= 0.3 is 5.97 Å². The summed E-state index contributed by atoms with van der Waals surface area (Å²) in [5.41, 5.74) is 5.17. The van der Waals surface area contributed by atoms with E-state index in [9.17, 15) is 4.79 Å². The molecule has 2 aromatic carbocycles. The van der Waals surface area contributed by atoms with Gasteiger partial charge in [-0.3, -0.25) is 4.79 Å². The fraction of sp³-hybridized carbons (Fsp3) is 0.143. The smallest absolute Gasteiger partial charge is 0.307 e. The number of nitrogens with zero attached hydrogens (tertiary/aromatic N) is 1. The van der Waals surface area contributed by atoms with Crippen molar-refractivity contribution in [2.45, 2.75) is 19.9 Å². The van der Waals surface area contributed by atoms with Crippen molar-refractivity contribution in [1.82, 2.24) is 4.98 Å². The molecule has 0 saturated heterocycles. The summed E-state index contributed by atoms with van der Waals surface area (Å²) >= 11 is 0. The summed E-state index contributed by atoms with van der Waals surface area (Å²) < 4.78 is 0. The lowest BCUT2D eigenvalue weighted by Gasteiger charge is -2.08. The Kier molecular flexibility index (Phi) is 5.09. The van der Waals surface area contributed by atoms with Gasteiger partial charge in [0.15, 0.2) is 0 Å². The van der Waals surface area contributed by atoms with E-state index in [4.69, 9.17) is 5.11 Å². The molecule has 0 aliphatic carbocycles. The van der Waals surface area contributed by atoms with E-state index in [-0.39, 0.29) is 6.42 Å². The monoisotopic (exact) mass is 332 g/mol. The van der Waals surface area contributed by atoms with Gasteiger partial charge in [-0.2, -0.15) is 0 Å². The summed E-state index contributed by atoms with van der Waals surface area (Å²) in [5, 5.41) is 12.2. The zero-order valence-corrected chi connectivity index (χ0v) is 14.1. The Bertz CT molecular complexity index is 873. The number of aryl methyl sites for hydroxylation is 1. The first kappa shape index (κ1) is 16.7. The number of aliphatic carboxylic acids is 1. The molecule has 0 unspecified atom stereocenters.